The second kappa shape index (κ2) is 11.7. The molecule has 210 valence electrons. The number of amides is 2. The van der Waals surface area contributed by atoms with E-state index in [0.29, 0.717) is 17.8 Å². The summed E-state index contributed by atoms with van der Waals surface area (Å²) in [6, 6.07) is 16.3. The summed E-state index contributed by atoms with van der Waals surface area (Å²) in [5.74, 6) is -1.09. The first-order chi connectivity index (χ1) is 19.2. The van der Waals surface area contributed by atoms with Crippen molar-refractivity contribution >= 4 is 46.0 Å². The topological polar surface area (TPSA) is 114 Å². The smallest absolute Gasteiger partial charge is 0.258 e. The molecule has 1 saturated carbocycles. The molecule has 0 saturated heterocycles. The van der Waals surface area contributed by atoms with E-state index in [0.717, 1.165) is 49.4 Å². The van der Waals surface area contributed by atoms with Crippen molar-refractivity contribution in [3.63, 3.8) is 0 Å². The van der Waals surface area contributed by atoms with Crippen LogP contribution in [0.5, 0.6) is 5.75 Å². The van der Waals surface area contributed by atoms with E-state index in [2.05, 4.69) is 16.1 Å². The van der Waals surface area contributed by atoms with Crippen molar-refractivity contribution in [1.29, 1.82) is 0 Å². The van der Waals surface area contributed by atoms with Crippen LogP contribution in [0.25, 0.3) is 0 Å². The van der Waals surface area contributed by atoms with Gasteiger partial charge in [-0.3, -0.25) is 9.59 Å². The number of carbonyl (C=O) groups is 2. The standard InChI is InChI=1S/C29H30ClFN4O4S/c1-39-26-14-18(6-9-24(26)33-27(36)22-15-20(31)7-8-23(22)30)28(37)35-13-12-29(11-10-21(17-29)34-40(32)38)16-19-4-2-3-5-25(19)35/h2-9,14-15,21,34H,10-13,16-17,32H2,1H3,(H,33,36)/t21-,29-,40?/m0/s1. The maximum Gasteiger partial charge on any atom is 0.258 e. The molecule has 1 aliphatic heterocycles. The number of nitrogens with two attached hydrogens (primary N) is 1. The van der Waals surface area contributed by atoms with Gasteiger partial charge in [0.2, 0.25) is 0 Å². The third-order valence-corrected chi connectivity index (χ3v) is 8.71. The van der Waals surface area contributed by atoms with Crippen LogP contribution in [0.4, 0.5) is 15.8 Å². The van der Waals surface area contributed by atoms with Gasteiger partial charge >= 0.3 is 0 Å². The molecule has 4 N–H and O–H groups in total. The zero-order valence-corrected chi connectivity index (χ0v) is 23.5. The molecule has 1 unspecified atom stereocenters. The molecule has 1 heterocycles. The summed E-state index contributed by atoms with van der Waals surface area (Å²) in [6.07, 6.45) is 4.28. The van der Waals surface area contributed by atoms with E-state index in [1.807, 2.05) is 18.2 Å². The molecule has 40 heavy (non-hydrogen) atoms. The Hall–Kier alpha value is -3.31. The Morgan fingerprint density at radius 3 is 2.73 bits per heavy atom. The van der Waals surface area contributed by atoms with E-state index in [4.69, 9.17) is 21.5 Å². The summed E-state index contributed by atoms with van der Waals surface area (Å²) in [7, 11) is 1.44. The second-order valence-corrected chi connectivity index (χ2v) is 11.6. The fourth-order valence-corrected chi connectivity index (χ4v) is 6.63. The van der Waals surface area contributed by atoms with Crippen LogP contribution < -0.4 is 24.8 Å². The first-order valence-electron chi connectivity index (χ1n) is 12.9. The number of fused-ring (bicyclic) bond motifs is 1. The fraction of sp³-hybridized carbons (Fsp3) is 0.310. The summed E-state index contributed by atoms with van der Waals surface area (Å²) in [6.45, 7) is 0.521. The van der Waals surface area contributed by atoms with Crippen LogP contribution in [0.15, 0.2) is 60.7 Å². The van der Waals surface area contributed by atoms with Gasteiger partial charge in [0, 0.05) is 23.8 Å². The third kappa shape index (κ3) is 5.90. The van der Waals surface area contributed by atoms with E-state index < -0.39 is 22.9 Å². The molecule has 1 spiro atoms. The number of carbonyl (C=O) groups excluding carboxylic acids is 2. The number of para-hydroxylation sites is 1. The van der Waals surface area contributed by atoms with Gasteiger partial charge in [0.25, 0.3) is 11.8 Å². The molecule has 2 aliphatic rings. The molecule has 3 atom stereocenters. The molecule has 3 aromatic carbocycles. The molecule has 0 radical (unpaired) electrons. The first-order valence-corrected chi connectivity index (χ1v) is 14.5. The van der Waals surface area contributed by atoms with Gasteiger partial charge in [-0.05, 0) is 85.5 Å². The van der Waals surface area contributed by atoms with E-state index in [9.17, 15) is 18.2 Å². The Kier molecular flexibility index (Phi) is 8.23. The lowest BCUT2D eigenvalue weighted by Crippen LogP contribution is -2.35. The van der Waals surface area contributed by atoms with E-state index in [1.54, 1.807) is 23.1 Å². The predicted octanol–water partition coefficient (Wildman–Crippen LogP) is 5.00. The summed E-state index contributed by atoms with van der Waals surface area (Å²) in [5.41, 5.74) is 2.63. The quantitative estimate of drug-likeness (QED) is 0.378. The van der Waals surface area contributed by atoms with Crippen molar-refractivity contribution in [3.8, 4) is 5.75 Å². The van der Waals surface area contributed by atoms with Gasteiger partial charge in [-0.15, -0.1) is 0 Å². The van der Waals surface area contributed by atoms with Crippen LogP contribution in [-0.2, 0) is 17.6 Å². The van der Waals surface area contributed by atoms with Crippen molar-refractivity contribution in [3.05, 3.63) is 88.2 Å². The third-order valence-electron chi connectivity index (χ3n) is 7.81. The number of nitrogens with one attached hydrogen (secondary N) is 2. The summed E-state index contributed by atoms with van der Waals surface area (Å²) in [4.78, 5) is 28.5. The lowest BCUT2D eigenvalue weighted by molar-refractivity contribution is 0.0983. The zero-order valence-electron chi connectivity index (χ0n) is 21.9. The van der Waals surface area contributed by atoms with Gasteiger partial charge in [0.05, 0.1) is 23.4 Å². The van der Waals surface area contributed by atoms with Crippen molar-refractivity contribution in [2.75, 3.05) is 23.9 Å². The maximum atomic E-state index is 13.9. The summed E-state index contributed by atoms with van der Waals surface area (Å²) < 4.78 is 33.7. The van der Waals surface area contributed by atoms with Gasteiger partial charge in [0.1, 0.15) is 11.6 Å². The molecular formula is C29H30ClFN4O4S. The largest absolute Gasteiger partial charge is 0.495 e. The predicted molar refractivity (Wildman–Crippen MR) is 154 cm³/mol. The number of rotatable bonds is 6. The minimum Gasteiger partial charge on any atom is -0.495 e. The van der Waals surface area contributed by atoms with Crippen molar-refractivity contribution in [1.82, 2.24) is 4.72 Å². The number of hydrogen-bond acceptors (Lipinski definition) is 4. The highest BCUT2D eigenvalue weighted by molar-refractivity contribution is 7.80. The molecule has 3 aromatic rings. The normalized spacial score (nSPS) is 21.0. The van der Waals surface area contributed by atoms with E-state index in [-0.39, 0.29) is 33.7 Å². The van der Waals surface area contributed by atoms with Gasteiger partial charge in [-0.2, -0.15) is 0 Å². The fourth-order valence-electron chi connectivity index (χ4n) is 5.90. The maximum absolute atomic E-state index is 13.9. The molecule has 11 heteroatoms. The van der Waals surface area contributed by atoms with Gasteiger partial charge in [0.15, 0.2) is 11.2 Å². The Labute approximate surface area is 239 Å². The number of methoxy groups -OCH3 is 1. The molecule has 0 aromatic heterocycles. The van der Waals surface area contributed by atoms with Crippen molar-refractivity contribution in [2.45, 2.75) is 38.1 Å². The highest BCUT2D eigenvalue weighted by Crippen LogP contribution is 2.47. The van der Waals surface area contributed by atoms with Crippen LogP contribution in [0, 0.1) is 11.2 Å². The van der Waals surface area contributed by atoms with Crippen LogP contribution in [0.1, 0.15) is 52.0 Å². The first kappa shape index (κ1) is 28.2. The SMILES string of the molecule is COc1cc(C(=O)N2CC[C@@]3(CC[C@H](NS(N)=O)C3)Cc3ccccc32)ccc1NC(=O)c1cc(F)ccc1Cl. The monoisotopic (exact) mass is 584 g/mol. The van der Waals surface area contributed by atoms with Crippen LogP contribution in [-0.4, -0.2) is 35.7 Å². The van der Waals surface area contributed by atoms with E-state index >= 15 is 0 Å². The lowest BCUT2D eigenvalue weighted by Gasteiger charge is -2.28. The molecule has 0 bridgehead atoms. The molecule has 8 nitrogen and oxygen atoms in total. The Morgan fingerprint density at radius 1 is 1.15 bits per heavy atom. The van der Waals surface area contributed by atoms with Crippen LogP contribution in [0.3, 0.4) is 0 Å². The second-order valence-electron chi connectivity index (χ2n) is 10.4. The number of nitrogens with zero attached hydrogens (tertiary/aromatic N) is 1. The van der Waals surface area contributed by atoms with Gasteiger partial charge < -0.3 is 15.0 Å². The molecular weight excluding hydrogens is 555 g/mol. The summed E-state index contributed by atoms with van der Waals surface area (Å²) >= 11 is 4.52. The van der Waals surface area contributed by atoms with Crippen molar-refractivity contribution < 1.29 is 22.9 Å². The molecule has 2 amide bonds. The average molecular weight is 585 g/mol. The van der Waals surface area contributed by atoms with Gasteiger partial charge in [-0.1, -0.05) is 29.8 Å². The van der Waals surface area contributed by atoms with E-state index in [1.165, 1.54) is 19.2 Å². The number of benzene rings is 3. The average Bonchev–Trinajstić information content (AvgIpc) is 3.23. The minimum absolute atomic E-state index is 0.0129. The van der Waals surface area contributed by atoms with Crippen LogP contribution >= 0.6 is 11.6 Å². The molecule has 5 rings (SSSR count). The Morgan fingerprint density at radius 2 is 1.95 bits per heavy atom. The molecule has 1 aliphatic carbocycles. The summed E-state index contributed by atoms with van der Waals surface area (Å²) in [5, 5.41) is 8.29. The van der Waals surface area contributed by atoms with Gasteiger partial charge in [-0.25, -0.2) is 18.5 Å². The highest BCUT2D eigenvalue weighted by Gasteiger charge is 2.42. The number of ether oxygens (including phenoxy) is 1. The minimum atomic E-state index is -1.56. The number of hydrogen-bond donors (Lipinski definition) is 3. The zero-order chi connectivity index (χ0) is 28.4. The molecule has 1 fully saturated rings. The number of anilines is 2. The Balaban J connectivity index is 1.39. The van der Waals surface area contributed by atoms with Crippen molar-refractivity contribution in [2.24, 2.45) is 10.6 Å². The van der Waals surface area contributed by atoms with Crippen LogP contribution in [0.2, 0.25) is 5.02 Å². The Bertz CT molecular complexity index is 1490. The number of halogens is 2. The highest BCUT2D eigenvalue weighted by atomic mass is 35.5. The lowest BCUT2D eigenvalue weighted by atomic mass is 9.77.